The summed E-state index contributed by atoms with van der Waals surface area (Å²) in [5, 5.41) is 0.0256. The summed E-state index contributed by atoms with van der Waals surface area (Å²) in [5.74, 6) is -0.524. The Kier molecular flexibility index (Phi) is 9.08. The number of halogens is 2. The van der Waals surface area contributed by atoms with Crippen LogP contribution in [0, 0.1) is 5.82 Å². The van der Waals surface area contributed by atoms with Crippen LogP contribution in [0.4, 0.5) is 4.39 Å². The summed E-state index contributed by atoms with van der Waals surface area (Å²) in [6, 6.07) is 5.01. The summed E-state index contributed by atoms with van der Waals surface area (Å²) < 4.78 is 13.3. The average molecular weight is 465 g/mol. The van der Waals surface area contributed by atoms with Crippen molar-refractivity contribution in [1.82, 2.24) is 19.6 Å². The third-order valence-corrected chi connectivity index (χ3v) is 6.74. The third kappa shape index (κ3) is 7.02. The van der Waals surface area contributed by atoms with Gasteiger partial charge in [0.15, 0.2) is 0 Å². The molecular weight excluding hydrogens is 431 g/mol. The highest BCUT2D eigenvalue weighted by Gasteiger charge is 2.24. The predicted octanol–water partition coefficient (Wildman–Crippen LogP) is 2.97. The maximum atomic E-state index is 13.3. The van der Waals surface area contributed by atoms with Crippen LogP contribution in [0.1, 0.15) is 31.2 Å². The van der Waals surface area contributed by atoms with Crippen LogP contribution in [0.25, 0.3) is 6.08 Å². The second-order valence-corrected chi connectivity index (χ2v) is 9.26. The molecule has 2 fully saturated rings. The van der Waals surface area contributed by atoms with Crippen molar-refractivity contribution in [2.75, 3.05) is 59.9 Å². The molecular formula is C24H34ClFN4O2. The van der Waals surface area contributed by atoms with Crippen LogP contribution in [0.15, 0.2) is 24.3 Å². The number of nitrogens with zero attached hydrogens (tertiary/aromatic N) is 4. The van der Waals surface area contributed by atoms with Crippen LogP contribution in [0.5, 0.6) is 0 Å². The second-order valence-electron chi connectivity index (χ2n) is 8.85. The molecule has 0 bridgehead atoms. The van der Waals surface area contributed by atoms with Gasteiger partial charge in [-0.3, -0.25) is 9.59 Å². The van der Waals surface area contributed by atoms with E-state index in [4.69, 9.17) is 11.6 Å². The van der Waals surface area contributed by atoms with Crippen molar-refractivity contribution in [2.45, 2.75) is 31.7 Å². The number of piperidine rings is 1. The highest BCUT2D eigenvalue weighted by Crippen LogP contribution is 2.17. The van der Waals surface area contributed by atoms with Gasteiger partial charge in [0.25, 0.3) is 0 Å². The molecule has 3 rings (SSSR count). The lowest BCUT2D eigenvalue weighted by atomic mass is 10.0. The zero-order chi connectivity index (χ0) is 23.1. The maximum absolute atomic E-state index is 13.3. The molecule has 32 heavy (non-hydrogen) atoms. The van der Waals surface area contributed by atoms with E-state index in [-0.39, 0.29) is 16.8 Å². The van der Waals surface area contributed by atoms with E-state index in [0.29, 0.717) is 37.7 Å². The van der Waals surface area contributed by atoms with Gasteiger partial charge in [-0.2, -0.15) is 0 Å². The summed E-state index contributed by atoms with van der Waals surface area (Å²) in [4.78, 5) is 33.5. The minimum atomic E-state index is -0.487. The maximum Gasteiger partial charge on any atom is 0.246 e. The smallest absolute Gasteiger partial charge is 0.246 e. The Morgan fingerprint density at radius 1 is 1.16 bits per heavy atom. The number of rotatable bonds is 7. The van der Waals surface area contributed by atoms with Gasteiger partial charge in [0.05, 0.1) is 5.02 Å². The standard InChI is InChI=1S/C24H34ClFN4O2/c1-27(2)20-8-13-28(14-9-20)11-3-12-29-16-17-30(15-10-24(29)32)23(31)7-5-19-4-6-22(26)21(25)18-19/h4-7,18,20H,3,8-17H2,1-2H3. The second kappa shape index (κ2) is 11.8. The molecule has 6 nitrogen and oxygen atoms in total. The van der Waals surface area contributed by atoms with Crippen molar-refractivity contribution < 1.29 is 14.0 Å². The molecule has 0 atom stereocenters. The fraction of sp³-hybridized carbons (Fsp3) is 0.583. The van der Waals surface area contributed by atoms with E-state index in [9.17, 15) is 14.0 Å². The molecule has 0 aliphatic carbocycles. The number of likely N-dealkylation sites (tertiary alicyclic amines) is 1. The fourth-order valence-electron chi connectivity index (χ4n) is 4.36. The summed E-state index contributed by atoms with van der Waals surface area (Å²) in [7, 11) is 4.29. The first-order valence-electron chi connectivity index (χ1n) is 11.4. The van der Waals surface area contributed by atoms with E-state index in [1.165, 1.54) is 31.1 Å². The average Bonchev–Trinajstić information content (AvgIpc) is 2.96. The van der Waals surface area contributed by atoms with Crippen LogP contribution in [0.2, 0.25) is 5.02 Å². The van der Waals surface area contributed by atoms with Gasteiger partial charge < -0.3 is 19.6 Å². The Hall–Kier alpha value is -1.96. The van der Waals surface area contributed by atoms with Crippen LogP contribution in [0.3, 0.4) is 0 Å². The Morgan fingerprint density at radius 3 is 2.59 bits per heavy atom. The number of carbonyl (C=O) groups is 2. The van der Waals surface area contributed by atoms with E-state index in [1.54, 1.807) is 17.0 Å². The van der Waals surface area contributed by atoms with Gasteiger partial charge in [-0.05, 0) is 76.8 Å². The lowest BCUT2D eigenvalue weighted by Gasteiger charge is -2.35. The summed E-state index contributed by atoms with van der Waals surface area (Å²) in [6.45, 7) is 5.47. The predicted molar refractivity (Wildman–Crippen MR) is 126 cm³/mol. The van der Waals surface area contributed by atoms with Gasteiger partial charge in [0.2, 0.25) is 11.8 Å². The number of hydrogen-bond donors (Lipinski definition) is 0. The van der Waals surface area contributed by atoms with Crippen molar-refractivity contribution in [3.05, 3.63) is 40.7 Å². The third-order valence-electron chi connectivity index (χ3n) is 6.45. The monoisotopic (exact) mass is 464 g/mol. The molecule has 0 spiro atoms. The molecule has 2 amide bonds. The Bertz CT molecular complexity index is 824. The van der Waals surface area contributed by atoms with Crippen molar-refractivity contribution in [3.8, 4) is 0 Å². The number of benzene rings is 1. The van der Waals surface area contributed by atoms with Gasteiger partial charge in [-0.1, -0.05) is 17.7 Å². The van der Waals surface area contributed by atoms with Gasteiger partial charge in [-0.25, -0.2) is 4.39 Å². The first-order valence-corrected chi connectivity index (χ1v) is 11.8. The topological polar surface area (TPSA) is 47.1 Å². The molecule has 0 aromatic heterocycles. The molecule has 2 aliphatic rings. The number of carbonyl (C=O) groups excluding carboxylic acids is 2. The summed E-state index contributed by atoms with van der Waals surface area (Å²) >= 11 is 5.79. The molecule has 2 saturated heterocycles. The lowest BCUT2D eigenvalue weighted by Crippen LogP contribution is -2.43. The first-order chi connectivity index (χ1) is 15.3. The molecule has 0 radical (unpaired) electrons. The highest BCUT2D eigenvalue weighted by atomic mass is 35.5. The van der Waals surface area contributed by atoms with Crippen molar-refractivity contribution in [1.29, 1.82) is 0 Å². The lowest BCUT2D eigenvalue weighted by molar-refractivity contribution is -0.130. The van der Waals surface area contributed by atoms with Crippen molar-refractivity contribution >= 4 is 29.5 Å². The summed E-state index contributed by atoms with van der Waals surface area (Å²) in [5.41, 5.74) is 0.659. The molecule has 8 heteroatoms. The molecule has 0 saturated carbocycles. The fourth-order valence-corrected chi connectivity index (χ4v) is 4.55. The molecule has 2 heterocycles. The van der Waals surface area contributed by atoms with Gasteiger partial charge in [0, 0.05) is 44.7 Å². The minimum absolute atomic E-state index is 0.0256. The van der Waals surface area contributed by atoms with Gasteiger partial charge in [-0.15, -0.1) is 0 Å². The first kappa shape index (κ1) is 24.7. The molecule has 2 aliphatic heterocycles. The molecule has 0 unspecified atom stereocenters. The zero-order valence-electron chi connectivity index (χ0n) is 19.1. The SMILES string of the molecule is CN(C)C1CCN(CCCN2CCN(C(=O)C=Cc3ccc(F)c(Cl)c3)CCC2=O)CC1. The number of amides is 2. The van der Waals surface area contributed by atoms with E-state index >= 15 is 0 Å². The Labute approximate surface area is 195 Å². The molecule has 0 N–H and O–H groups in total. The van der Waals surface area contributed by atoms with Gasteiger partial charge >= 0.3 is 0 Å². The van der Waals surface area contributed by atoms with E-state index in [0.717, 1.165) is 32.6 Å². The van der Waals surface area contributed by atoms with Crippen LogP contribution >= 0.6 is 11.6 Å². The van der Waals surface area contributed by atoms with E-state index < -0.39 is 5.82 Å². The normalized spacial score (nSPS) is 19.2. The van der Waals surface area contributed by atoms with E-state index in [2.05, 4.69) is 23.9 Å². The van der Waals surface area contributed by atoms with Crippen molar-refractivity contribution in [3.63, 3.8) is 0 Å². The van der Waals surface area contributed by atoms with Crippen molar-refractivity contribution in [2.24, 2.45) is 0 Å². The Morgan fingerprint density at radius 2 is 1.91 bits per heavy atom. The molecule has 176 valence electrons. The largest absolute Gasteiger partial charge is 0.341 e. The zero-order valence-corrected chi connectivity index (χ0v) is 19.9. The number of hydrogen-bond acceptors (Lipinski definition) is 4. The van der Waals surface area contributed by atoms with E-state index in [1.807, 2.05) is 4.90 Å². The quantitative estimate of drug-likeness (QED) is 0.582. The summed E-state index contributed by atoms with van der Waals surface area (Å²) in [6.07, 6.45) is 6.78. The Balaban J connectivity index is 1.42. The highest BCUT2D eigenvalue weighted by molar-refractivity contribution is 6.30. The molecule has 1 aromatic carbocycles. The van der Waals surface area contributed by atoms with Crippen LogP contribution < -0.4 is 0 Å². The molecule has 1 aromatic rings. The van der Waals surface area contributed by atoms with Crippen LogP contribution in [-0.2, 0) is 9.59 Å². The van der Waals surface area contributed by atoms with Gasteiger partial charge in [0.1, 0.15) is 5.82 Å². The van der Waals surface area contributed by atoms with Crippen LogP contribution in [-0.4, -0.2) is 97.4 Å². The minimum Gasteiger partial charge on any atom is -0.341 e.